The number of hydrogen-bond acceptors (Lipinski definition) is 13. The Morgan fingerprint density at radius 1 is 0.922 bits per heavy atom. The largest absolute Gasteiger partial charge is 0.394 e. The van der Waals surface area contributed by atoms with Crippen LogP contribution in [0.5, 0.6) is 0 Å². The topological polar surface area (TPSA) is 216 Å². The molecule has 2 heterocycles. The van der Waals surface area contributed by atoms with Crippen molar-refractivity contribution in [2.75, 3.05) is 13.2 Å². The molecule has 0 unspecified atom stereocenters. The van der Waals surface area contributed by atoms with E-state index in [1.807, 2.05) is 0 Å². The highest BCUT2D eigenvalue weighted by Crippen LogP contribution is 2.69. The number of allylic oxidation sites excluding steroid dienone is 1. The van der Waals surface area contributed by atoms with Gasteiger partial charge in [0, 0.05) is 17.8 Å². The number of aliphatic hydroxyl groups is 8. The fourth-order valence-electron chi connectivity index (χ4n) is 11.0. The standard InChI is InChI=1S/C38H62O13/c1-18(2)6-9-25(40)19(3)38(47)28(51-34-32(45)29(42)26(41)17-48-34)15-24-22-8-7-20-14-21(10-12-36(20,4)23(22)11-13-37(24,38)5)49-35-33(46)31(44)30(43)27(16-39)50-35/h7,18-19,21-24,26-35,39,41-47H,6,8-17H2,1-5H3/t19-,21+,22-,23-,24+,26-,27-,28-,29+,30-,31+,32-,33-,34+,35-,36-,37+,38+/m0/s1. The lowest BCUT2D eigenvalue weighted by molar-refractivity contribution is -0.313. The van der Waals surface area contributed by atoms with Crippen LogP contribution in [0.4, 0.5) is 0 Å². The van der Waals surface area contributed by atoms with Gasteiger partial charge in [0.25, 0.3) is 0 Å². The Labute approximate surface area is 300 Å². The number of hydrogen-bond donors (Lipinski definition) is 8. The van der Waals surface area contributed by atoms with Crippen LogP contribution in [-0.4, -0.2) is 133 Å². The summed E-state index contributed by atoms with van der Waals surface area (Å²) in [6.45, 7) is 9.57. The molecule has 3 saturated carbocycles. The second-order valence-corrected chi connectivity index (χ2v) is 17.5. The zero-order valence-electron chi connectivity index (χ0n) is 30.7. The average molecular weight is 727 g/mol. The first-order chi connectivity index (χ1) is 24.0. The lowest BCUT2D eigenvalue weighted by Crippen LogP contribution is -2.62. The molecule has 292 valence electrons. The molecule has 2 aliphatic heterocycles. The molecule has 5 fully saturated rings. The minimum absolute atomic E-state index is 0.0134. The van der Waals surface area contributed by atoms with E-state index in [-0.39, 0.29) is 41.7 Å². The van der Waals surface area contributed by atoms with Crippen LogP contribution in [0.3, 0.4) is 0 Å². The molecule has 0 aromatic heterocycles. The highest BCUT2D eigenvalue weighted by atomic mass is 16.7. The molecule has 6 aliphatic rings. The number of aliphatic hydroxyl groups excluding tert-OH is 7. The molecular formula is C38H62O13. The van der Waals surface area contributed by atoms with Gasteiger partial charge in [-0.05, 0) is 80.5 Å². The van der Waals surface area contributed by atoms with Crippen LogP contribution in [-0.2, 0) is 23.7 Å². The lowest BCUT2D eigenvalue weighted by Gasteiger charge is -2.59. The monoisotopic (exact) mass is 726 g/mol. The van der Waals surface area contributed by atoms with Crippen molar-refractivity contribution in [1.29, 1.82) is 0 Å². The van der Waals surface area contributed by atoms with E-state index in [4.69, 9.17) is 18.9 Å². The summed E-state index contributed by atoms with van der Waals surface area (Å²) in [5.41, 5.74) is -1.15. The summed E-state index contributed by atoms with van der Waals surface area (Å²) in [5.74, 6) is 0.00525. The number of ketones is 1. The summed E-state index contributed by atoms with van der Waals surface area (Å²) in [7, 11) is 0. The third kappa shape index (κ3) is 6.69. The fraction of sp³-hybridized carbons (Fsp3) is 0.921. The summed E-state index contributed by atoms with van der Waals surface area (Å²) >= 11 is 0. The predicted octanol–water partition coefficient (Wildman–Crippen LogP) is 0.941. The van der Waals surface area contributed by atoms with Gasteiger partial charge < -0.3 is 59.8 Å². The van der Waals surface area contributed by atoms with Gasteiger partial charge in [-0.15, -0.1) is 0 Å². The van der Waals surface area contributed by atoms with Gasteiger partial charge in [-0.2, -0.15) is 0 Å². The van der Waals surface area contributed by atoms with Gasteiger partial charge in [0.05, 0.1) is 25.4 Å². The van der Waals surface area contributed by atoms with Crippen LogP contribution < -0.4 is 0 Å². The van der Waals surface area contributed by atoms with Crippen molar-refractivity contribution in [2.24, 2.45) is 40.4 Å². The quantitative estimate of drug-likeness (QED) is 0.147. The maximum absolute atomic E-state index is 13.8. The number of Topliss-reactive ketones (excluding diaryl/α,β-unsaturated/α-hetero) is 1. The Morgan fingerprint density at radius 2 is 1.63 bits per heavy atom. The predicted molar refractivity (Wildman–Crippen MR) is 182 cm³/mol. The third-order valence-corrected chi connectivity index (χ3v) is 14.4. The summed E-state index contributed by atoms with van der Waals surface area (Å²) in [5, 5.41) is 85.0. The van der Waals surface area contributed by atoms with E-state index in [1.165, 1.54) is 5.57 Å². The summed E-state index contributed by atoms with van der Waals surface area (Å²) in [6, 6.07) is 0. The van der Waals surface area contributed by atoms with E-state index in [9.17, 15) is 45.6 Å². The number of rotatable bonds is 10. The van der Waals surface area contributed by atoms with Crippen molar-refractivity contribution >= 4 is 5.78 Å². The third-order valence-electron chi connectivity index (χ3n) is 14.4. The van der Waals surface area contributed by atoms with E-state index >= 15 is 0 Å². The Hall–Kier alpha value is -1.07. The van der Waals surface area contributed by atoms with Crippen molar-refractivity contribution in [3.8, 4) is 0 Å². The molecule has 0 aromatic carbocycles. The first kappa shape index (κ1) is 39.6. The normalized spacial score (nSPS) is 50.6. The number of ether oxygens (including phenoxy) is 4. The van der Waals surface area contributed by atoms with Crippen molar-refractivity contribution in [3.63, 3.8) is 0 Å². The van der Waals surface area contributed by atoms with Gasteiger partial charge >= 0.3 is 0 Å². The first-order valence-electron chi connectivity index (χ1n) is 19.2. The molecule has 18 atom stereocenters. The van der Waals surface area contributed by atoms with Gasteiger partial charge in [-0.1, -0.05) is 46.3 Å². The second kappa shape index (κ2) is 14.9. The zero-order chi connectivity index (χ0) is 37.2. The molecule has 0 aromatic rings. The van der Waals surface area contributed by atoms with Gasteiger partial charge in [-0.25, -0.2) is 0 Å². The van der Waals surface area contributed by atoms with Gasteiger partial charge in [0.15, 0.2) is 12.6 Å². The van der Waals surface area contributed by atoms with E-state index in [0.717, 1.165) is 19.3 Å². The molecule has 13 nitrogen and oxygen atoms in total. The Kier molecular flexibility index (Phi) is 11.6. The second-order valence-electron chi connectivity index (χ2n) is 17.5. The highest BCUT2D eigenvalue weighted by Gasteiger charge is 2.70. The molecule has 8 N–H and O–H groups in total. The van der Waals surface area contributed by atoms with Crippen LogP contribution in [0, 0.1) is 40.4 Å². The Morgan fingerprint density at radius 3 is 2.31 bits per heavy atom. The van der Waals surface area contributed by atoms with E-state index in [0.29, 0.717) is 44.4 Å². The van der Waals surface area contributed by atoms with Gasteiger partial charge in [0.1, 0.15) is 54.1 Å². The maximum atomic E-state index is 13.8. The molecular weight excluding hydrogens is 664 g/mol. The van der Waals surface area contributed by atoms with Gasteiger partial charge in [-0.3, -0.25) is 4.79 Å². The van der Waals surface area contributed by atoms with Crippen LogP contribution in [0.2, 0.25) is 0 Å². The highest BCUT2D eigenvalue weighted by molar-refractivity contribution is 5.82. The SMILES string of the molecule is CC(C)CCC(=O)[C@H](C)[C@@]1(O)[C@@H](O[C@H]2OC[C@H](O)[C@@H](O)[C@@H]2O)C[C@@H]2[C@H]3CC=C4C[C@H](O[C@H]5O[C@@H](CO)[C@H](O)[C@@H](O)[C@@H]5O)CC[C@]4(C)[C@H]3CC[C@]21C. The van der Waals surface area contributed by atoms with Crippen LogP contribution in [0.15, 0.2) is 11.6 Å². The van der Waals surface area contributed by atoms with Crippen molar-refractivity contribution in [2.45, 2.75) is 166 Å². The van der Waals surface area contributed by atoms with E-state index in [1.54, 1.807) is 6.92 Å². The minimum Gasteiger partial charge on any atom is -0.394 e. The summed E-state index contributed by atoms with van der Waals surface area (Å²) < 4.78 is 23.9. The molecule has 51 heavy (non-hydrogen) atoms. The molecule has 6 rings (SSSR count). The fourth-order valence-corrected chi connectivity index (χ4v) is 11.0. The van der Waals surface area contributed by atoms with Crippen molar-refractivity contribution < 1.29 is 64.6 Å². The Balaban J connectivity index is 1.24. The molecule has 0 spiro atoms. The number of carbonyl (C=O) groups is 1. The Bertz CT molecular complexity index is 1280. The summed E-state index contributed by atoms with van der Waals surface area (Å²) in [6.07, 6.45) is -5.17. The molecule has 0 bridgehead atoms. The lowest BCUT2D eigenvalue weighted by atomic mass is 9.46. The summed E-state index contributed by atoms with van der Waals surface area (Å²) in [4.78, 5) is 13.8. The molecule has 0 amide bonds. The molecule has 13 heteroatoms. The van der Waals surface area contributed by atoms with E-state index in [2.05, 4.69) is 33.8 Å². The first-order valence-corrected chi connectivity index (χ1v) is 19.2. The van der Waals surface area contributed by atoms with Gasteiger partial charge in [0.2, 0.25) is 0 Å². The number of fused-ring (bicyclic) bond motifs is 5. The van der Waals surface area contributed by atoms with E-state index < -0.39 is 85.0 Å². The van der Waals surface area contributed by atoms with Crippen molar-refractivity contribution in [1.82, 2.24) is 0 Å². The molecule has 2 saturated heterocycles. The molecule has 4 aliphatic carbocycles. The zero-order valence-corrected chi connectivity index (χ0v) is 30.7. The van der Waals surface area contributed by atoms with Crippen molar-refractivity contribution in [3.05, 3.63) is 11.6 Å². The molecule has 0 radical (unpaired) electrons. The smallest absolute Gasteiger partial charge is 0.186 e. The van der Waals surface area contributed by atoms with Crippen LogP contribution in [0.1, 0.15) is 92.4 Å². The maximum Gasteiger partial charge on any atom is 0.186 e. The minimum atomic E-state index is -1.57. The van der Waals surface area contributed by atoms with Crippen LogP contribution >= 0.6 is 0 Å². The number of carbonyl (C=O) groups excluding carboxylic acids is 1. The average Bonchev–Trinajstić information content (AvgIpc) is 3.33. The van der Waals surface area contributed by atoms with Crippen LogP contribution in [0.25, 0.3) is 0 Å².